The van der Waals surface area contributed by atoms with Gasteiger partial charge in [-0.25, -0.2) is 9.69 Å². The Morgan fingerprint density at radius 1 is 1.32 bits per heavy atom. The van der Waals surface area contributed by atoms with E-state index in [2.05, 4.69) is 24.1 Å². The normalized spacial score (nSPS) is 36.9. The molecule has 0 aromatic heterocycles. The predicted octanol–water partition coefficient (Wildman–Crippen LogP) is 1.56. The third-order valence-electron chi connectivity index (χ3n) is 5.39. The Morgan fingerprint density at radius 3 is 2.73 bits per heavy atom. The van der Waals surface area contributed by atoms with Gasteiger partial charge in [0.05, 0.1) is 19.4 Å². The van der Waals surface area contributed by atoms with E-state index in [1.54, 1.807) is 0 Å². The number of nitrogens with one attached hydrogen (secondary N) is 1. The smallest absolute Gasteiger partial charge is 0.326 e. The molecule has 1 N–H and O–H groups in total. The van der Waals surface area contributed by atoms with Gasteiger partial charge in [-0.05, 0) is 38.0 Å². The lowest BCUT2D eigenvalue weighted by atomic mass is 9.77. The van der Waals surface area contributed by atoms with Crippen molar-refractivity contribution in [3.8, 4) is 0 Å². The molecule has 1 spiro atoms. The molecule has 3 amide bonds. The molecule has 2 saturated heterocycles. The highest BCUT2D eigenvalue weighted by Gasteiger charge is 2.52. The van der Waals surface area contributed by atoms with Crippen LogP contribution in [0.2, 0.25) is 0 Å². The molecule has 124 valence electrons. The van der Waals surface area contributed by atoms with E-state index in [0.29, 0.717) is 19.2 Å². The number of imide groups is 1. The molecule has 0 aromatic carbocycles. The van der Waals surface area contributed by atoms with Crippen molar-refractivity contribution >= 4 is 11.9 Å². The lowest BCUT2D eigenvalue weighted by Crippen LogP contribution is -2.51. The topological polar surface area (TPSA) is 61.9 Å². The van der Waals surface area contributed by atoms with Crippen LogP contribution in [0.5, 0.6) is 0 Å². The quantitative estimate of drug-likeness (QED) is 0.804. The van der Waals surface area contributed by atoms with Gasteiger partial charge in [0, 0.05) is 13.1 Å². The fourth-order valence-corrected chi connectivity index (χ4v) is 3.75. The maximum atomic E-state index is 12.8. The first kappa shape index (κ1) is 15.7. The molecule has 0 bridgehead atoms. The molecule has 1 saturated carbocycles. The summed E-state index contributed by atoms with van der Waals surface area (Å²) in [5.74, 6) is 0.623. The number of hydrogen-bond acceptors (Lipinski definition) is 4. The van der Waals surface area contributed by atoms with Gasteiger partial charge < -0.3 is 10.1 Å². The molecule has 3 fully saturated rings. The molecule has 0 aromatic rings. The second kappa shape index (κ2) is 6.16. The fourth-order valence-electron chi connectivity index (χ4n) is 3.75. The van der Waals surface area contributed by atoms with Crippen LogP contribution in [0.25, 0.3) is 0 Å². The Labute approximate surface area is 132 Å². The first-order valence-corrected chi connectivity index (χ1v) is 8.52. The van der Waals surface area contributed by atoms with Crippen molar-refractivity contribution in [1.29, 1.82) is 0 Å². The second-order valence-electron chi connectivity index (χ2n) is 7.05. The van der Waals surface area contributed by atoms with E-state index in [-0.39, 0.29) is 18.0 Å². The fraction of sp³-hybridized carbons (Fsp3) is 0.875. The summed E-state index contributed by atoms with van der Waals surface area (Å²) in [6.45, 7) is 6.94. The first-order valence-electron chi connectivity index (χ1n) is 8.52. The van der Waals surface area contributed by atoms with Crippen molar-refractivity contribution in [1.82, 2.24) is 15.1 Å². The summed E-state index contributed by atoms with van der Waals surface area (Å²) in [5.41, 5.74) is -0.625. The van der Waals surface area contributed by atoms with Gasteiger partial charge in [0.15, 0.2) is 0 Å². The van der Waals surface area contributed by atoms with E-state index in [4.69, 9.17) is 4.74 Å². The molecule has 0 radical (unpaired) electrons. The third-order valence-corrected chi connectivity index (χ3v) is 5.39. The van der Waals surface area contributed by atoms with Gasteiger partial charge in [-0.3, -0.25) is 9.69 Å². The summed E-state index contributed by atoms with van der Waals surface area (Å²) in [6.07, 6.45) is 4.73. The molecule has 6 heteroatoms. The summed E-state index contributed by atoms with van der Waals surface area (Å²) in [5, 5.41) is 2.98. The van der Waals surface area contributed by atoms with Gasteiger partial charge in [-0.1, -0.05) is 13.8 Å². The number of carbonyl (C=O) groups is 2. The van der Waals surface area contributed by atoms with Gasteiger partial charge in [-0.15, -0.1) is 0 Å². The van der Waals surface area contributed by atoms with Gasteiger partial charge in [0.2, 0.25) is 0 Å². The molecular formula is C16H27N3O3. The maximum absolute atomic E-state index is 12.8. The van der Waals surface area contributed by atoms with E-state index in [1.807, 2.05) is 0 Å². The number of hydrogen-bond donors (Lipinski definition) is 1. The molecule has 0 unspecified atom stereocenters. The Kier molecular flexibility index (Phi) is 4.41. The van der Waals surface area contributed by atoms with Crippen molar-refractivity contribution < 1.29 is 14.3 Å². The van der Waals surface area contributed by atoms with Crippen molar-refractivity contribution in [2.75, 3.05) is 26.4 Å². The minimum Gasteiger partial charge on any atom is -0.376 e. The molecule has 2 aliphatic heterocycles. The van der Waals surface area contributed by atoms with Crippen LogP contribution in [0.4, 0.5) is 4.79 Å². The van der Waals surface area contributed by atoms with Gasteiger partial charge in [0.1, 0.15) is 5.54 Å². The van der Waals surface area contributed by atoms with Crippen LogP contribution >= 0.6 is 0 Å². The number of urea groups is 1. The maximum Gasteiger partial charge on any atom is 0.326 e. The molecule has 6 nitrogen and oxygen atoms in total. The number of carbonyl (C=O) groups excluding carboxylic acids is 2. The second-order valence-corrected chi connectivity index (χ2v) is 7.05. The number of nitrogens with zero attached hydrogens (tertiary/aromatic N) is 2. The minimum absolute atomic E-state index is 0.0241. The Hall–Kier alpha value is -1.14. The molecular weight excluding hydrogens is 282 g/mol. The molecule has 3 rings (SSSR count). The highest BCUT2D eigenvalue weighted by Crippen LogP contribution is 2.36. The predicted molar refractivity (Wildman–Crippen MR) is 82.2 cm³/mol. The van der Waals surface area contributed by atoms with Crippen LogP contribution in [0, 0.1) is 5.92 Å². The largest absolute Gasteiger partial charge is 0.376 e. The number of amides is 3. The van der Waals surface area contributed by atoms with Crippen molar-refractivity contribution in [3.05, 3.63) is 0 Å². The van der Waals surface area contributed by atoms with Crippen LogP contribution in [0.1, 0.15) is 46.0 Å². The van der Waals surface area contributed by atoms with Gasteiger partial charge in [-0.2, -0.15) is 0 Å². The zero-order valence-electron chi connectivity index (χ0n) is 13.6. The molecule has 1 aliphatic carbocycles. The van der Waals surface area contributed by atoms with Crippen molar-refractivity contribution in [2.45, 2.75) is 57.6 Å². The van der Waals surface area contributed by atoms with Crippen molar-refractivity contribution in [3.63, 3.8) is 0 Å². The molecule has 2 heterocycles. The summed E-state index contributed by atoms with van der Waals surface area (Å²) >= 11 is 0. The highest BCUT2D eigenvalue weighted by molar-refractivity contribution is 6.07. The first-order chi connectivity index (χ1) is 10.5. The van der Waals surface area contributed by atoms with E-state index in [9.17, 15) is 9.59 Å². The Balaban J connectivity index is 1.64. The van der Waals surface area contributed by atoms with Crippen LogP contribution in [0.3, 0.4) is 0 Å². The van der Waals surface area contributed by atoms with Crippen LogP contribution in [0.15, 0.2) is 0 Å². The van der Waals surface area contributed by atoms with E-state index in [0.717, 1.165) is 45.2 Å². The van der Waals surface area contributed by atoms with Crippen LogP contribution in [-0.2, 0) is 9.53 Å². The summed E-state index contributed by atoms with van der Waals surface area (Å²) in [7, 11) is 0. The average molecular weight is 309 g/mol. The minimum atomic E-state index is -0.625. The number of ether oxygens (including phenoxy) is 1. The zero-order chi connectivity index (χ0) is 15.7. The van der Waals surface area contributed by atoms with E-state index >= 15 is 0 Å². The van der Waals surface area contributed by atoms with Gasteiger partial charge in [0.25, 0.3) is 5.91 Å². The summed E-state index contributed by atoms with van der Waals surface area (Å²) in [4.78, 5) is 28.7. The lowest BCUT2D eigenvalue weighted by Gasteiger charge is -2.35. The summed E-state index contributed by atoms with van der Waals surface area (Å²) < 4.78 is 5.65. The lowest BCUT2D eigenvalue weighted by molar-refractivity contribution is -0.135. The van der Waals surface area contributed by atoms with Crippen molar-refractivity contribution in [2.24, 2.45) is 5.92 Å². The molecule has 22 heavy (non-hydrogen) atoms. The standard InChI is InChI=1S/C16H27N3O3/c1-3-13-10-18(8-9-22-13)11-19-14(20)16(17-15(19)21)6-4-12(2)5-7-16/h12-13H,3-11H2,1-2H3,(H,17,21)/t12?,13-,16?/m1/s1. The van der Waals surface area contributed by atoms with E-state index < -0.39 is 5.54 Å². The molecule has 1 atom stereocenters. The summed E-state index contributed by atoms with van der Waals surface area (Å²) in [6, 6.07) is -0.223. The third kappa shape index (κ3) is 2.86. The average Bonchev–Trinajstić information content (AvgIpc) is 2.75. The van der Waals surface area contributed by atoms with Gasteiger partial charge >= 0.3 is 6.03 Å². The number of rotatable bonds is 3. The zero-order valence-corrected chi connectivity index (χ0v) is 13.6. The highest BCUT2D eigenvalue weighted by atomic mass is 16.5. The van der Waals surface area contributed by atoms with E-state index in [1.165, 1.54) is 4.90 Å². The monoisotopic (exact) mass is 309 g/mol. The Bertz CT molecular complexity index is 446. The number of morpholine rings is 1. The van der Waals surface area contributed by atoms with Crippen LogP contribution in [-0.4, -0.2) is 59.7 Å². The van der Waals surface area contributed by atoms with Crippen LogP contribution < -0.4 is 5.32 Å². The molecule has 3 aliphatic rings. The SMILES string of the molecule is CC[C@@H]1CN(CN2C(=O)NC3(CCC(C)CC3)C2=O)CCO1. The Morgan fingerprint density at radius 2 is 2.05 bits per heavy atom.